The van der Waals surface area contributed by atoms with E-state index >= 15 is 0 Å². The molecule has 0 atom stereocenters. The van der Waals surface area contributed by atoms with Crippen LogP contribution >= 0.6 is 0 Å². The Balaban J connectivity index is 0.000000202. The molecule has 12 heavy (non-hydrogen) atoms. The molecule has 64 valence electrons. The van der Waals surface area contributed by atoms with E-state index in [4.69, 9.17) is 0 Å². The predicted molar refractivity (Wildman–Crippen MR) is 48.2 cm³/mol. The SMILES string of the molecule is COC#COC.c1ccccc1. The van der Waals surface area contributed by atoms with Crippen molar-refractivity contribution >= 4 is 0 Å². The molecule has 1 aromatic rings. The van der Waals surface area contributed by atoms with Crippen molar-refractivity contribution < 1.29 is 9.47 Å². The van der Waals surface area contributed by atoms with Gasteiger partial charge in [-0.15, -0.1) is 0 Å². The third-order valence-electron chi connectivity index (χ3n) is 0.912. The highest BCUT2D eigenvalue weighted by molar-refractivity contribution is 4.99. The number of ether oxygens (including phenoxy) is 2. The smallest absolute Gasteiger partial charge is 0.154 e. The molecule has 0 saturated carbocycles. The molecular weight excluding hydrogens is 152 g/mol. The zero-order valence-corrected chi connectivity index (χ0v) is 7.28. The molecule has 0 radical (unpaired) electrons. The first-order valence-corrected chi connectivity index (χ1v) is 3.47. The molecular formula is C10H12O2. The van der Waals surface area contributed by atoms with Crippen LogP contribution in [0.3, 0.4) is 0 Å². The fraction of sp³-hybridized carbons (Fsp3) is 0.200. The van der Waals surface area contributed by atoms with Gasteiger partial charge < -0.3 is 9.47 Å². The summed E-state index contributed by atoms with van der Waals surface area (Å²) in [4.78, 5) is 0. The van der Waals surface area contributed by atoms with Gasteiger partial charge in [0.15, 0.2) is 12.2 Å². The highest BCUT2D eigenvalue weighted by Gasteiger charge is 1.57. The molecule has 0 aromatic heterocycles. The molecule has 0 aliphatic rings. The normalized spacial score (nSPS) is 6.50. The van der Waals surface area contributed by atoms with Crippen molar-refractivity contribution in [2.24, 2.45) is 0 Å². The van der Waals surface area contributed by atoms with E-state index in [-0.39, 0.29) is 0 Å². The molecule has 0 amide bonds. The Labute approximate surface area is 73.1 Å². The summed E-state index contributed by atoms with van der Waals surface area (Å²) in [5, 5.41) is 0. The highest BCUT2D eigenvalue weighted by atomic mass is 16.5. The Bertz CT molecular complexity index is 186. The lowest BCUT2D eigenvalue weighted by atomic mass is 10.4. The van der Waals surface area contributed by atoms with E-state index in [1.807, 2.05) is 36.4 Å². The van der Waals surface area contributed by atoms with Gasteiger partial charge in [0.05, 0.1) is 14.2 Å². The Morgan fingerprint density at radius 1 is 0.667 bits per heavy atom. The van der Waals surface area contributed by atoms with Crippen LogP contribution in [0.1, 0.15) is 0 Å². The Morgan fingerprint density at radius 3 is 1.08 bits per heavy atom. The van der Waals surface area contributed by atoms with E-state index in [1.165, 1.54) is 14.2 Å². The monoisotopic (exact) mass is 164 g/mol. The van der Waals surface area contributed by atoms with Crippen LogP contribution in [0.2, 0.25) is 0 Å². The molecule has 0 spiro atoms. The molecule has 0 aliphatic carbocycles. The fourth-order valence-corrected chi connectivity index (χ4v) is 0.468. The van der Waals surface area contributed by atoms with Gasteiger partial charge >= 0.3 is 0 Å². The highest BCUT2D eigenvalue weighted by Crippen LogP contribution is 1.79. The van der Waals surface area contributed by atoms with Gasteiger partial charge in [-0.1, -0.05) is 36.4 Å². The van der Waals surface area contributed by atoms with Crippen molar-refractivity contribution in [3.63, 3.8) is 0 Å². The van der Waals surface area contributed by atoms with Crippen LogP contribution < -0.4 is 0 Å². The number of hydrogen-bond donors (Lipinski definition) is 0. The van der Waals surface area contributed by atoms with E-state index < -0.39 is 0 Å². The third-order valence-corrected chi connectivity index (χ3v) is 0.912. The second-order valence-corrected chi connectivity index (χ2v) is 1.77. The molecule has 0 bridgehead atoms. The van der Waals surface area contributed by atoms with Crippen LogP contribution in [0.25, 0.3) is 0 Å². The van der Waals surface area contributed by atoms with Crippen molar-refractivity contribution in [2.75, 3.05) is 14.2 Å². The van der Waals surface area contributed by atoms with E-state index in [1.54, 1.807) is 0 Å². The molecule has 2 heteroatoms. The van der Waals surface area contributed by atoms with Crippen LogP contribution in [-0.2, 0) is 9.47 Å². The maximum absolute atomic E-state index is 4.30. The molecule has 0 N–H and O–H groups in total. The molecule has 0 saturated heterocycles. The van der Waals surface area contributed by atoms with Gasteiger partial charge in [0.25, 0.3) is 0 Å². The Kier molecular flexibility index (Phi) is 8.11. The minimum atomic E-state index is 1.48. The van der Waals surface area contributed by atoms with Gasteiger partial charge in [0, 0.05) is 0 Å². The number of hydrogen-bond acceptors (Lipinski definition) is 2. The van der Waals surface area contributed by atoms with Gasteiger partial charge in [-0.3, -0.25) is 0 Å². The van der Waals surface area contributed by atoms with Gasteiger partial charge in [0.1, 0.15) is 0 Å². The lowest BCUT2D eigenvalue weighted by Crippen LogP contribution is -1.67. The second kappa shape index (κ2) is 9.38. The van der Waals surface area contributed by atoms with Crippen LogP contribution in [0.15, 0.2) is 36.4 Å². The van der Waals surface area contributed by atoms with E-state index in [2.05, 4.69) is 21.7 Å². The summed E-state index contributed by atoms with van der Waals surface area (Å²) >= 11 is 0. The van der Waals surface area contributed by atoms with E-state index in [9.17, 15) is 0 Å². The average Bonchev–Trinajstić information content (AvgIpc) is 2.18. The van der Waals surface area contributed by atoms with E-state index in [0.29, 0.717) is 0 Å². The standard InChI is InChI=1S/C6H6.C4H6O2/c1-2-4-6-5-3-1;1-5-3-4-6-2/h1-6H;1-2H3. The number of rotatable bonds is 0. The predicted octanol–water partition coefficient (Wildman–Crippen LogP) is 1.88. The van der Waals surface area contributed by atoms with Gasteiger partial charge in [-0.05, 0) is 0 Å². The van der Waals surface area contributed by atoms with Gasteiger partial charge in [-0.25, -0.2) is 0 Å². The van der Waals surface area contributed by atoms with E-state index in [0.717, 1.165) is 0 Å². The topological polar surface area (TPSA) is 18.5 Å². The largest absolute Gasteiger partial charge is 0.448 e. The zero-order chi connectivity index (χ0) is 9.07. The first kappa shape index (κ1) is 10.4. The summed E-state index contributed by atoms with van der Waals surface area (Å²) in [5.41, 5.74) is 0. The summed E-state index contributed by atoms with van der Waals surface area (Å²) in [7, 11) is 2.96. The summed E-state index contributed by atoms with van der Waals surface area (Å²) < 4.78 is 8.59. The number of methoxy groups -OCH3 is 2. The second-order valence-electron chi connectivity index (χ2n) is 1.77. The van der Waals surface area contributed by atoms with Crippen molar-refractivity contribution in [2.45, 2.75) is 0 Å². The molecule has 0 unspecified atom stereocenters. The lowest BCUT2D eigenvalue weighted by molar-refractivity contribution is 0.336. The van der Waals surface area contributed by atoms with Crippen molar-refractivity contribution in [1.82, 2.24) is 0 Å². The first-order chi connectivity index (χ1) is 5.91. The Morgan fingerprint density at radius 2 is 0.917 bits per heavy atom. The molecule has 1 aromatic carbocycles. The minimum absolute atomic E-state index is 1.48. The summed E-state index contributed by atoms with van der Waals surface area (Å²) in [6.45, 7) is 0. The fourth-order valence-electron chi connectivity index (χ4n) is 0.468. The molecule has 0 fully saturated rings. The van der Waals surface area contributed by atoms with Crippen molar-refractivity contribution in [3.05, 3.63) is 36.4 Å². The minimum Gasteiger partial charge on any atom is -0.448 e. The van der Waals surface area contributed by atoms with Crippen LogP contribution in [-0.4, -0.2) is 14.2 Å². The van der Waals surface area contributed by atoms with Crippen LogP contribution in [0, 0.1) is 12.2 Å². The quantitative estimate of drug-likeness (QED) is 0.545. The summed E-state index contributed by atoms with van der Waals surface area (Å²) in [6, 6.07) is 12.0. The van der Waals surface area contributed by atoms with Gasteiger partial charge in [0.2, 0.25) is 0 Å². The van der Waals surface area contributed by atoms with Gasteiger partial charge in [-0.2, -0.15) is 0 Å². The molecule has 0 heterocycles. The lowest BCUT2D eigenvalue weighted by Gasteiger charge is -1.75. The van der Waals surface area contributed by atoms with Crippen LogP contribution in [0.5, 0.6) is 0 Å². The third kappa shape index (κ3) is 8.38. The zero-order valence-electron chi connectivity index (χ0n) is 7.28. The summed E-state index contributed by atoms with van der Waals surface area (Å²) in [6.07, 6.45) is 4.45. The molecule has 0 aliphatic heterocycles. The summed E-state index contributed by atoms with van der Waals surface area (Å²) in [5.74, 6) is 0. The maximum atomic E-state index is 4.30. The van der Waals surface area contributed by atoms with Crippen molar-refractivity contribution in [3.8, 4) is 12.2 Å². The maximum Gasteiger partial charge on any atom is 0.154 e. The molecule has 1 rings (SSSR count). The number of benzene rings is 1. The first-order valence-electron chi connectivity index (χ1n) is 3.47. The van der Waals surface area contributed by atoms with Crippen molar-refractivity contribution in [1.29, 1.82) is 0 Å². The average molecular weight is 164 g/mol. The molecule has 2 nitrogen and oxygen atoms in total. The Hall–Kier alpha value is -1.62. The van der Waals surface area contributed by atoms with Crippen LogP contribution in [0.4, 0.5) is 0 Å².